The minimum atomic E-state index is -0.553. The highest BCUT2D eigenvalue weighted by Gasteiger charge is 2.14. The van der Waals surface area contributed by atoms with Crippen LogP contribution < -0.4 is 18.9 Å². The van der Waals surface area contributed by atoms with E-state index in [1.807, 2.05) is 38.1 Å². The zero-order valence-corrected chi connectivity index (χ0v) is 29.3. The van der Waals surface area contributed by atoms with Crippen LogP contribution in [0.2, 0.25) is 0 Å². The van der Waals surface area contributed by atoms with E-state index < -0.39 is 24.1 Å². The number of ether oxygens (including phenoxy) is 6. The number of carbonyl (C=O) groups excluding carboxylic acids is 2. The van der Waals surface area contributed by atoms with Crippen molar-refractivity contribution in [2.24, 2.45) is 0 Å². The minimum absolute atomic E-state index is 0.214. The lowest BCUT2D eigenvalue weighted by molar-refractivity contribution is 0.00447. The molecule has 1 heterocycles. The quantitative estimate of drug-likeness (QED) is 0.0760. The lowest BCUT2D eigenvalue weighted by Gasteiger charge is -2.15. The fourth-order valence-corrected chi connectivity index (χ4v) is 4.77. The van der Waals surface area contributed by atoms with Crippen molar-refractivity contribution in [3.63, 3.8) is 0 Å². The van der Waals surface area contributed by atoms with Crippen molar-refractivity contribution >= 4 is 11.9 Å². The van der Waals surface area contributed by atoms with E-state index in [1.165, 1.54) is 0 Å². The van der Waals surface area contributed by atoms with Crippen molar-refractivity contribution in [1.29, 1.82) is 0 Å². The van der Waals surface area contributed by atoms with E-state index in [0.29, 0.717) is 34.1 Å². The molecule has 11 nitrogen and oxygen atoms in total. The predicted octanol–water partition coefficient (Wildman–Crippen LogP) is 8.02. The normalized spacial score (nSPS) is 13.3. The Labute approximate surface area is 302 Å². The largest absolute Gasteiger partial charge is 0.439 e. The van der Waals surface area contributed by atoms with Gasteiger partial charge in [0.25, 0.3) is 0 Å². The van der Waals surface area contributed by atoms with Crippen LogP contribution in [0, 0.1) is 0 Å². The van der Waals surface area contributed by atoms with Gasteiger partial charge in [-0.15, -0.1) is 0 Å². The Kier molecular flexibility index (Phi) is 13.1. The van der Waals surface area contributed by atoms with Gasteiger partial charge in [0, 0.05) is 12.1 Å². The van der Waals surface area contributed by atoms with Crippen LogP contribution in [0.1, 0.15) is 71.7 Å². The standard InChI is InChI=1S/C41H41NO10/c1-26(43)24-47-28(3)30-8-16-36(17-9-30)51-40(45)32-12-20-34(21-13-32)49-38-6-5-7-39(42-38)50-35-22-14-33(15-23-35)41(46)52-37-18-10-31(11-19-37)29(4)48-25-27(2)44/h5-23,26-29,43-44H,24-25H2,1-4H3. The van der Waals surface area contributed by atoms with Crippen LogP contribution >= 0.6 is 0 Å². The molecule has 0 saturated heterocycles. The molecular formula is C41H41NO10. The average Bonchev–Trinajstić information content (AvgIpc) is 3.14. The lowest BCUT2D eigenvalue weighted by atomic mass is 10.1. The van der Waals surface area contributed by atoms with Gasteiger partial charge < -0.3 is 38.6 Å². The molecule has 2 N–H and O–H groups in total. The number of hydrogen-bond acceptors (Lipinski definition) is 11. The Hall–Kier alpha value is -5.59. The number of aromatic nitrogens is 1. The highest BCUT2D eigenvalue weighted by Crippen LogP contribution is 2.27. The van der Waals surface area contributed by atoms with E-state index in [2.05, 4.69) is 4.98 Å². The summed E-state index contributed by atoms with van der Waals surface area (Å²) < 4.78 is 34.0. The molecule has 5 aromatic rings. The van der Waals surface area contributed by atoms with Gasteiger partial charge in [0.1, 0.15) is 23.0 Å². The molecule has 0 aliphatic rings. The Balaban J connectivity index is 1.10. The van der Waals surface area contributed by atoms with Gasteiger partial charge in [-0.2, -0.15) is 4.98 Å². The molecule has 0 fully saturated rings. The van der Waals surface area contributed by atoms with E-state index in [4.69, 9.17) is 28.4 Å². The summed E-state index contributed by atoms with van der Waals surface area (Å²) in [5, 5.41) is 18.8. The fraction of sp³-hybridized carbons (Fsp3) is 0.244. The summed E-state index contributed by atoms with van der Waals surface area (Å²) in [5.74, 6) is 1.18. The van der Waals surface area contributed by atoms with E-state index >= 15 is 0 Å². The molecule has 1 aromatic heterocycles. The molecule has 0 bridgehead atoms. The van der Waals surface area contributed by atoms with Crippen LogP contribution in [0.5, 0.6) is 34.8 Å². The molecule has 4 atom stereocenters. The van der Waals surface area contributed by atoms with Crippen molar-refractivity contribution in [1.82, 2.24) is 4.98 Å². The first kappa shape index (κ1) is 37.7. The molecule has 0 amide bonds. The van der Waals surface area contributed by atoms with E-state index in [9.17, 15) is 19.8 Å². The van der Waals surface area contributed by atoms with Gasteiger partial charge in [0.05, 0.1) is 48.8 Å². The van der Waals surface area contributed by atoms with Gasteiger partial charge in [-0.3, -0.25) is 0 Å². The first-order valence-corrected chi connectivity index (χ1v) is 16.8. The van der Waals surface area contributed by atoms with Crippen molar-refractivity contribution in [3.05, 3.63) is 138 Å². The second-order valence-electron chi connectivity index (χ2n) is 12.1. The zero-order valence-electron chi connectivity index (χ0n) is 29.3. The summed E-state index contributed by atoms with van der Waals surface area (Å²) in [6.07, 6.45) is -1.53. The minimum Gasteiger partial charge on any atom is -0.439 e. The highest BCUT2D eigenvalue weighted by molar-refractivity contribution is 5.91. The van der Waals surface area contributed by atoms with Crippen molar-refractivity contribution in [3.8, 4) is 34.8 Å². The van der Waals surface area contributed by atoms with Gasteiger partial charge in [-0.25, -0.2) is 9.59 Å². The molecule has 52 heavy (non-hydrogen) atoms. The molecule has 11 heteroatoms. The third-order valence-electron chi connectivity index (χ3n) is 7.62. The third-order valence-corrected chi connectivity index (χ3v) is 7.62. The second-order valence-corrected chi connectivity index (χ2v) is 12.1. The van der Waals surface area contributed by atoms with Crippen molar-refractivity contribution in [2.75, 3.05) is 13.2 Å². The number of aliphatic hydroxyl groups is 2. The second kappa shape index (κ2) is 18.1. The van der Waals surface area contributed by atoms with Crippen LogP contribution in [-0.2, 0) is 9.47 Å². The maximum absolute atomic E-state index is 12.7. The number of esters is 2. The zero-order chi connectivity index (χ0) is 37.0. The first-order chi connectivity index (χ1) is 25.0. The number of benzene rings is 4. The molecule has 270 valence electrons. The summed E-state index contributed by atoms with van der Waals surface area (Å²) in [6, 6.07) is 32.0. The Morgan fingerprint density at radius 3 is 1.21 bits per heavy atom. The number of hydrogen-bond donors (Lipinski definition) is 2. The molecule has 4 unspecified atom stereocenters. The number of rotatable bonds is 16. The summed E-state index contributed by atoms with van der Waals surface area (Å²) in [5.41, 5.74) is 2.47. The third kappa shape index (κ3) is 11.2. The van der Waals surface area contributed by atoms with Gasteiger partial charge in [-0.05, 0) is 112 Å². The number of carbonyl (C=O) groups is 2. The Bertz CT molecular complexity index is 1750. The lowest BCUT2D eigenvalue weighted by Crippen LogP contribution is -2.12. The average molecular weight is 708 g/mol. The van der Waals surface area contributed by atoms with Crippen molar-refractivity contribution < 1.29 is 48.2 Å². The van der Waals surface area contributed by atoms with Crippen LogP contribution in [0.3, 0.4) is 0 Å². The highest BCUT2D eigenvalue weighted by atomic mass is 16.5. The molecule has 5 rings (SSSR count). The van der Waals surface area contributed by atoms with E-state index in [-0.39, 0.29) is 37.2 Å². The molecule has 0 aliphatic heterocycles. The molecule has 0 spiro atoms. The maximum Gasteiger partial charge on any atom is 0.343 e. The van der Waals surface area contributed by atoms with Crippen LogP contribution in [-0.4, -0.2) is 52.6 Å². The fourth-order valence-electron chi connectivity index (χ4n) is 4.77. The van der Waals surface area contributed by atoms with E-state index in [0.717, 1.165) is 11.1 Å². The predicted molar refractivity (Wildman–Crippen MR) is 192 cm³/mol. The van der Waals surface area contributed by atoms with Gasteiger partial charge >= 0.3 is 11.9 Å². The summed E-state index contributed by atoms with van der Waals surface area (Å²) >= 11 is 0. The van der Waals surface area contributed by atoms with Gasteiger partial charge in [0.15, 0.2) is 0 Å². The monoisotopic (exact) mass is 707 g/mol. The van der Waals surface area contributed by atoms with Gasteiger partial charge in [0.2, 0.25) is 11.8 Å². The Morgan fingerprint density at radius 2 is 0.865 bits per heavy atom. The molecule has 0 aliphatic carbocycles. The first-order valence-electron chi connectivity index (χ1n) is 16.8. The molecule has 4 aromatic carbocycles. The SMILES string of the molecule is CC(O)COC(C)c1ccc(OC(=O)c2ccc(Oc3cccc(Oc4ccc(C(=O)Oc5ccc(C(C)OCC(C)O)cc5)cc4)n3)cc2)cc1. The van der Waals surface area contributed by atoms with Crippen LogP contribution in [0.15, 0.2) is 115 Å². The number of pyridine rings is 1. The maximum atomic E-state index is 12.7. The molecular weight excluding hydrogens is 666 g/mol. The van der Waals surface area contributed by atoms with Crippen LogP contribution in [0.4, 0.5) is 0 Å². The topological polar surface area (TPSA) is 143 Å². The van der Waals surface area contributed by atoms with Crippen LogP contribution in [0.25, 0.3) is 0 Å². The number of nitrogens with zero attached hydrogens (tertiary/aromatic N) is 1. The smallest absolute Gasteiger partial charge is 0.343 e. The van der Waals surface area contributed by atoms with Gasteiger partial charge in [-0.1, -0.05) is 30.3 Å². The summed E-state index contributed by atoms with van der Waals surface area (Å²) in [7, 11) is 0. The van der Waals surface area contributed by atoms with E-state index in [1.54, 1.807) is 105 Å². The molecule has 0 radical (unpaired) electrons. The van der Waals surface area contributed by atoms with Crippen molar-refractivity contribution in [2.45, 2.75) is 52.1 Å². The summed E-state index contributed by atoms with van der Waals surface area (Å²) in [4.78, 5) is 29.8. The Morgan fingerprint density at radius 1 is 0.519 bits per heavy atom. The number of aliphatic hydroxyl groups excluding tert-OH is 2. The molecule has 0 saturated carbocycles. The summed E-state index contributed by atoms with van der Waals surface area (Å²) in [6.45, 7) is 7.54.